The van der Waals surface area contributed by atoms with Gasteiger partial charge >= 0.3 is 5.97 Å². The summed E-state index contributed by atoms with van der Waals surface area (Å²) in [6, 6.07) is 13.7. The van der Waals surface area contributed by atoms with Crippen molar-refractivity contribution < 1.29 is 9.90 Å². The van der Waals surface area contributed by atoms with E-state index in [1.165, 1.54) is 38.5 Å². The van der Waals surface area contributed by atoms with Crippen LogP contribution in [0.1, 0.15) is 80.0 Å². The summed E-state index contributed by atoms with van der Waals surface area (Å²) in [5.74, 6) is 3.38. The number of carbonyl (C=O) groups is 1. The summed E-state index contributed by atoms with van der Waals surface area (Å²) in [6.07, 6.45) is 9.96. The van der Waals surface area contributed by atoms with Crippen LogP contribution in [0.3, 0.4) is 0 Å². The van der Waals surface area contributed by atoms with Crippen LogP contribution in [0.5, 0.6) is 0 Å². The maximum Gasteiger partial charge on any atom is 0.355 e. The predicted octanol–water partition coefficient (Wildman–Crippen LogP) is 8.20. The van der Waals surface area contributed by atoms with Gasteiger partial charge in [0.15, 0.2) is 22.5 Å². The molecule has 4 fully saturated rings. The number of benzene rings is 1. The van der Waals surface area contributed by atoms with Gasteiger partial charge in [0.05, 0.1) is 16.4 Å². The van der Waals surface area contributed by atoms with Crippen molar-refractivity contribution in [2.75, 3.05) is 17.3 Å². The number of hydrogen-bond donors (Lipinski definition) is 2. The van der Waals surface area contributed by atoms with Gasteiger partial charge in [0.1, 0.15) is 5.82 Å². The van der Waals surface area contributed by atoms with Crippen LogP contribution >= 0.6 is 11.3 Å². The van der Waals surface area contributed by atoms with Crippen molar-refractivity contribution in [3.8, 4) is 11.1 Å². The average Bonchev–Trinajstić information content (AvgIpc) is 3.61. The number of para-hydroxylation sites is 1. The summed E-state index contributed by atoms with van der Waals surface area (Å²) < 4.78 is 3.22. The lowest BCUT2D eigenvalue weighted by Gasteiger charge is -2.56. The Labute approximate surface area is 278 Å². The molecule has 4 aromatic heterocycles. The highest BCUT2D eigenvalue weighted by Crippen LogP contribution is 2.60. The zero-order valence-corrected chi connectivity index (χ0v) is 28.1. The van der Waals surface area contributed by atoms with Crippen molar-refractivity contribution in [2.24, 2.45) is 23.2 Å². The fraction of sp³-hybridized carbons (Fsp3) is 0.444. The van der Waals surface area contributed by atoms with Gasteiger partial charge in [-0.3, -0.25) is 4.68 Å². The first kappa shape index (κ1) is 30.0. The van der Waals surface area contributed by atoms with E-state index in [0.717, 1.165) is 56.5 Å². The Morgan fingerprint density at radius 1 is 1.02 bits per heavy atom. The molecule has 1 aromatic carbocycles. The molecule has 5 aromatic rings. The van der Waals surface area contributed by atoms with E-state index >= 15 is 0 Å². The van der Waals surface area contributed by atoms with Gasteiger partial charge in [0, 0.05) is 36.0 Å². The minimum Gasteiger partial charge on any atom is -0.476 e. The summed E-state index contributed by atoms with van der Waals surface area (Å²) >= 11 is 1.57. The molecule has 4 aliphatic rings. The highest BCUT2D eigenvalue weighted by molar-refractivity contribution is 7.22. The van der Waals surface area contributed by atoms with Gasteiger partial charge in [-0.05, 0) is 105 Å². The van der Waals surface area contributed by atoms with Crippen molar-refractivity contribution in [3.63, 3.8) is 0 Å². The normalized spacial score (nSPS) is 23.1. The van der Waals surface area contributed by atoms with Gasteiger partial charge in [-0.25, -0.2) is 14.8 Å². The van der Waals surface area contributed by atoms with E-state index in [1.54, 1.807) is 16.2 Å². The van der Waals surface area contributed by atoms with Gasteiger partial charge in [-0.2, -0.15) is 5.10 Å². The minimum absolute atomic E-state index is 0.00188. The Morgan fingerprint density at radius 3 is 2.43 bits per heavy atom. The van der Waals surface area contributed by atoms with E-state index in [1.807, 2.05) is 55.7 Å². The van der Waals surface area contributed by atoms with E-state index in [0.29, 0.717) is 28.4 Å². The predicted molar refractivity (Wildman–Crippen MR) is 185 cm³/mol. The minimum atomic E-state index is -1.08. The molecular weight excluding hydrogens is 609 g/mol. The summed E-state index contributed by atoms with van der Waals surface area (Å²) in [6.45, 7) is 7.18. The van der Waals surface area contributed by atoms with Crippen molar-refractivity contribution in [2.45, 2.75) is 71.8 Å². The highest BCUT2D eigenvalue weighted by atomic mass is 32.1. The summed E-state index contributed by atoms with van der Waals surface area (Å²) in [5, 5.41) is 28.3. The average molecular weight is 649 g/mol. The van der Waals surface area contributed by atoms with E-state index in [-0.39, 0.29) is 11.6 Å². The molecule has 0 unspecified atom stereocenters. The molecule has 2 N–H and O–H groups in total. The third kappa shape index (κ3) is 5.44. The number of thiazole rings is 1. The molecule has 242 valence electrons. The van der Waals surface area contributed by atoms with E-state index < -0.39 is 5.97 Å². The molecule has 0 atom stereocenters. The van der Waals surface area contributed by atoms with Crippen LogP contribution in [0.25, 0.3) is 21.3 Å². The maximum absolute atomic E-state index is 12.6. The third-order valence-electron chi connectivity index (χ3n) is 10.8. The topological polar surface area (TPSA) is 122 Å². The molecule has 4 aliphatic carbocycles. The summed E-state index contributed by atoms with van der Waals surface area (Å²) in [4.78, 5) is 23.7. The largest absolute Gasteiger partial charge is 0.476 e. The number of aromatic carboxylic acids is 1. The number of carboxylic acid groups (broad SMARTS) is 1. The van der Waals surface area contributed by atoms with Crippen LogP contribution in [0.15, 0.2) is 48.7 Å². The number of hydrogen-bond acceptors (Lipinski definition) is 9. The Kier molecular flexibility index (Phi) is 7.27. The molecule has 0 spiro atoms. The second kappa shape index (κ2) is 11.4. The number of aromatic nitrogens is 6. The Morgan fingerprint density at radius 2 is 1.74 bits per heavy atom. The zero-order chi connectivity index (χ0) is 32.4. The van der Waals surface area contributed by atoms with E-state index in [2.05, 4.69) is 50.9 Å². The molecule has 0 saturated heterocycles. The van der Waals surface area contributed by atoms with Crippen LogP contribution in [0.2, 0.25) is 0 Å². The maximum atomic E-state index is 12.6. The SMILES string of the molecule is Cc1c(-c2ccc(N(C)c3cc(C(C)C)c(Nc4nc5ccccc5s4)nn3)nc2C(=O)O)cnn1CC12CC3CC(CC(C3)C1)C2. The fourth-order valence-electron chi connectivity index (χ4n) is 8.93. The molecule has 0 amide bonds. The molecule has 0 radical (unpaired) electrons. The van der Waals surface area contributed by atoms with Gasteiger partial charge < -0.3 is 15.3 Å². The van der Waals surface area contributed by atoms with Crippen LogP contribution in [-0.2, 0) is 6.54 Å². The Hall–Kier alpha value is -4.38. The molecular formula is C36H40N8O2S. The van der Waals surface area contributed by atoms with Crippen LogP contribution in [0.4, 0.5) is 22.6 Å². The molecule has 47 heavy (non-hydrogen) atoms. The molecule has 11 heteroatoms. The van der Waals surface area contributed by atoms with Gasteiger partial charge in [-0.15, -0.1) is 10.2 Å². The number of nitrogens with zero attached hydrogens (tertiary/aromatic N) is 7. The van der Waals surface area contributed by atoms with E-state index in [9.17, 15) is 9.90 Å². The van der Waals surface area contributed by atoms with Crippen LogP contribution in [0, 0.1) is 30.1 Å². The summed E-state index contributed by atoms with van der Waals surface area (Å²) in [7, 11) is 1.83. The number of anilines is 4. The molecule has 4 bridgehead atoms. The Balaban J connectivity index is 1.06. The smallest absolute Gasteiger partial charge is 0.355 e. The number of pyridine rings is 1. The van der Waals surface area contributed by atoms with Crippen molar-refractivity contribution in [1.82, 2.24) is 29.9 Å². The zero-order valence-electron chi connectivity index (χ0n) is 27.3. The molecule has 10 nitrogen and oxygen atoms in total. The van der Waals surface area contributed by atoms with Gasteiger partial charge in [-0.1, -0.05) is 37.3 Å². The first-order valence-electron chi connectivity index (χ1n) is 16.7. The Bertz CT molecular complexity index is 1930. The van der Waals surface area contributed by atoms with Crippen molar-refractivity contribution >= 4 is 50.1 Å². The second-order valence-corrected chi connectivity index (χ2v) is 15.5. The first-order chi connectivity index (χ1) is 22.6. The molecule has 9 rings (SSSR count). The lowest BCUT2D eigenvalue weighted by molar-refractivity contribution is -0.0638. The molecule has 4 heterocycles. The lowest BCUT2D eigenvalue weighted by Crippen LogP contribution is -2.48. The number of nitrogens with one attached hydrogen (secondary N) is 1. The number of carboxylic acids is 1. The molecule has 4 saturated carbocycles. The van der Waals surface area contributed by atoms with Gasteiger partial charge in [0.2, 0.25) is 0 Å². The van der Waals surface area contributed by atoms with E-state index in [4.69, 9.17) is 5.10 Å². The van der Waals surface area contributed by atoms with Crippen molar-refractivity contribution in [1.29, 1.82) is 0 Å². The fourth-order valence-corrected chi connectivity index (χ4v) is 9.79. The van der Waals surface area contributed by atoms with Crippen LogP contribution < -0.4 is 10.2 Å². The van der Waals surface area contributed by atoms with Crippen molar-refractivity contribution in [3.05, 3.63) is 65.6 Å². The molecule has 0 aliphatic heterocycles. The van der Waals surface area contributed by atoms with Gasteiger partial charge in [0.25, 0.3) is 0 Å². The second-order valence-electron chi connectivity index (χ2n) is 14.4. The monoisotopic (exact) mass is 648 g/mol. The quantitative estimate of drug-likeness (QED) is 0.163. The third-order valence-corrected chi connectivity index (χ3v) is 11.7. The number of fused-ring (bicyclic) bond motifs is 1. The number of rotatable bonds is 9. The summed E-state index contributed by atoms with van der Waals surface area (Å²) in [5.41, 5.74) is 4.63. The van der Waals surface area contributed by atoms with Crippen LogP contribution in [-0.4, -0.2) is 48.1 Å². The highest BCUT2D eigenvalue weighted by Gasteiger charge is 2.51. The lowest BCUT2D eigenvalue weighted by atomic mass is 9.49. The standard InChI is InChI=1S/C36H40N8O2S/c1-20(2)26-14-31(41-42-33(26)40-35-38-28-7-5-6-8-29(28)47-35)43(4)30-10-9-25(32(39-30)34(45)46)27-18-37-44(21(27)3)19-36-15-22-11-23(16-36)13-24(12-22)17-36/h5-10,14,18,20,22-24H,11-13,15-17,19H2,1-4H3,(H,45,46)(H,38,40,42). The first-order valence-corrected chi connectivity index (χ1v) is 17.5.